The standard InChI is InChI=1S/C19H14N4O2S/c1-2-25-19(24)15-11-21-16-8-6-13-14(23(15)16)7-5-12(10-20)18(13)22-17-4-3-9-26-17/h3-9,11,22H,2H2,1H3. The molecule has 1 N–H and O–H groups in total. The lowest BCUT2D eigenvalue weighted by molar-refractivity contribution is 0.0518. The summed E-state index contributed by atoms with van der Waals surface area (Å²) >= 11 is 1.55. The van der Waals surface area contributed by atoms with Crippen LogP contribution in [0.2, 0.25) is 0 Å². The van der Waals surface area contributed by atoms with E-state index < -0.39 is 5.97 Å². The Morgan fingerprint density at radius 2 is 2.23 bits per heavy atom. The van der Waals surface area contributed by atoms with Crippen molar-refractivity contribution in [2.24, 2.45) is 0 Å². The van der Waals surface area contributed by atoms with Crippen LogP contribution in [0.25, 0.3) is 16.6 Å². The summed E-state index contributed by atoms with van der Waals surface area (Å²) in [5, 5.41) is 16.6. The molecule has 0 aliphatic carbocycles. The average molecular weight is 362 g/mol. The predicted octanol–water partition coefficient (Wildman–Crippen LogP) is 4.34. The number of nitrogens with one attached hydrogen (secondary N) is 1. The molecular formula is C19H14N4O2S. The van der Waals surface area contributed by atoms with Gasteiger partial charge < -0.3 is 10.1 Å². The number of rotatable bonds is 4. The molecule has 0 spiro atoms. The number of carbonyl (C=O) groups excluding carboxylic acids is 1. The normalized spacial score (nSPS) is 10.8. The van der Waals surface area contributed by atoms with Gasteiger partial charge in [-0.05, 0) is 48.7 Å². The summed E-state index contributed by atoms with van der Waals surface area (Å²) in [7, 11) is 0. The van der Waals surface area contributed by atoms with Crippen LogP contribution in [0.4, 0.5) is 10.7 Å². The number of carbonyl (C=O) groups is 1. The molecule has 7 heteroatoms. The molecule has 128 valence electrons. The second-order valence-corrected chi connectivity index (χ2v) is 6.47. The summed E-state index contributed by atoms with van der Waals surface area (Å²) in [4.78, 5) is 16.6. The van der Waals surface area contributed by atoms with Crippen molar-refractivity contribution in [3.63, 3.8) is 0 Å². The molecule has 0 saturated carbocycles. The van der Waals surface area contributed by atoms with Gasteiger partial charge in [0, 0.05) is 5.39 Å². The minimum Gasteiger partial charge on any atom is -0.461 e. The van der Waals surface area contributed by atoms with Gasteiger partial charge in [-0.2, -0.15) is 5.26 Å². The maximum Gasteiger partial charge on any atom is 0.356 e. The first kappa shape index (κ1) is 16.1. The molecule has 0 radical (unpaired) electrons. The molecule has 3 heterocycles. The number of ether oxygens (including phenoxy) is 1. The lowest BCUT2D eigenvalue weighted by Gasteiger charge is -2.12. The molecule has 4 rings (SSSR count). The minimum atomic E-state index is -0.426. The second-order valence-electron chi connectivity index (χ2n) is 5.53. The van der Waals surface area contributed by atoms with E-state index in [1.807, 2.05) is 35.7 Å². The van der Waals surface area contributed by atoms with Crippen LogP contribution >= 0.6 is 11.3 Å². The van der Waals surface area contributed by atoms with Crippen LogP contribution in [-0.4, -0.2) is 22.0 Å². The number of thiophene rings is 1. The summed E-state index contributed by atoms with van der Waals surface area (Å²) in [6.07, 6.45) is 1.51. The molecule has 0 bridgehead atoms. The Bertz CT molecular complexity index is 1160. The SMILES string of the molecule is CCOC(=O)c1cnc2ccc3c(Nc4cccs4)c(C#N)ccc3n12. The highest BCUT2D eigenvalue weighted by Gasteiger charge is 2.17. The lowest BCUT2D eigenvalue weighted by atomic mass is 10.1. The van der Waals surface area contributed by atoms with Gasteiger partial charge in [-0.3, -0.25) is 4.40 Å². The van der Waals surface area contributed by atoms with Crippen LogP contribution in [0, 0.1) is 11.3 Å². The molecule has 0 amide bonds. The van der Waals surface area contributed by atoms with Gasteiger partial charge in [0.15, 0.2) is 5.69 Å². The Kier molecular flexibility index (Phi) is 4.03. The zero-order valence-corrected chi connectivity index (χ0v) is 14.7. The smallest absolute Gasteiger partial charge is 0.356 e. The summed E-state index contributed by atoms with van der Waals surface area (Å²) < 4.78 is 6.90. The number of fused-ring (bicyclic) bond motifs is 3. The summed E-state index contributed by atoms with van der Waals surface area (Å²) in [6.45, 7) is 2.06. The van der Waals surface area contributed by atoms with E-state index in [9.17, 15) is 10.1 Å². The predicted molar refractivity (Wildman–Crippen MR) is 101 cm³/mol. The highest BCUT2D eigenvalue weighted by Crippen LogP contribution is 2.32. The van der Waals surface area contributed by atoms with E-state index in [1.165, 1.54) is 6.20 Å². The van der Waals surface area contributed by atoms with Crippen molar-refractivity contribution in [3.05, 3.63) is 59.2 Å². The molecule has 3 aromatic heterocycles. The Hall–Kier alpha value is -3.37. The third kappa shape index (κ3) is 2.57. The highest BCUT2D eigenvalue weighted by molar-refractivity contribution is 7.14. The van der Waals surface area contributed by atoms with Crippen LogP contribution < -0.4 is 5.32 Å². The van der Waals surface area contributed by atoms with Crippen molar-refractivity contribution < 1.29 is 9.53 Å². The fourth-order valence-electron chi connectivity index (χ4n) is 2.92. The topological polar surface area (TPSA) is 79.4 Å². The van der Waals surface area contributed by atoms with Gasteiger partial charge in [-0.1, -0.05) is 0 Å². The van der Waals surface area contributed by atoms with E-state index in [2.05, 4.69) is 16.4 Å². The Labute approximate surface area is 153 Å². The third-order valence-corrected chi connectivity index (χ3v) is 4.81. The van der Waals surface area contributed by atoms with E-state index in [-0.39, 0.29) is 0 Å². The zero-order valence-electron chi connectivity index (χ0n) is 13.9. The second kappa shape index (κ2) is 6.50. The first-order chi connectivity index (χ1) is 12.7. The average Bonchev–Trinajstić information content (AvgIpc) is 3.31. The van der Waals surface area contributed by atoms with Gasteiger partial charge in [0.05, 0.1) is 34.6 Å². The fraction of sp³-hybridized carbons (Fsp3) is 0.105. The maximum absolute atomic E-state index is 12.3. The van der Waals surface area contributed by atoms with Crippen molar-refractivity contribution in [1.29, 1.82) is 5.26 Å². The Morgan fingerprint density at radius 3 is 2.96 bits per heavy atom. The lowest BCUT2D eigenvalue weighted by Crippen LogP contribution is -2.08. The van der Waals surface area contributed by atoms with Crippen LogP contribution in [0.1, 0.15) is 23.0 Å². The molecule has 26 heavy (non-hydrogen) atoms. The largest absolute Gasteiger partial charge is 0.461 e. The van der Waals surface area contributed by atoms with Crippen LogP contribution in [0.3, 0.4) is 0 Å². The monoisotopic (exact) mass is 362 g/mol. The number of hydrogen-bond acceptors (Lipinski definition) is 6. The Balaban J connectivity index is 1.99. The third-order valence-electron chi connectivity index (χ3n) is 4.03. The number of imidazole rings is 1. The molecule has 0 fully saturated rings. The number of benzene rings is 1. The van der Waals surface area contributed by atoms with Gasteiger partial charge in [-0.15, -0.1) is 11.3 Å². The first-order valence-electron chi connectivity index (χ1n) is 8.04. The summed E-state index contributed by atoms with van der Waals surface area (Å²) in [6, 6.07) is 13.4. The van der Waals surface area contributed by atoms with Crippen LogP contribution in [0.15, 0.2) is 48.0 Å². The molecule has 0 aliphatic heterocycles. The van der Waals surface area contributed by atoms with E-state index in [4.69, 9.17) is 4.74 Å². The van der Waals surface area contributed by atoms with Gasteiger partial charge >= 0.3 is 5.97 Å². The van der Waals surface area contributed by atoms with E-state index >= 15 is 0 Å². The molecular weight excluding hydrogens is 348 g/mol. The van der Waals surface area contributed by atoms with Crippen LogP contribution in [-0.2, 0) is 4.74 Å². The molecule has 1 aromatic carbocycles. The highest BCUT2D eigenvalue weighted by atomic mass is 32.1. The number of esters is 1. The number of nitriles is 1. The van der Waals surface area contributed by atoms with Crippen molar-refractivity contribution >= 4 is 44.5 Å². The van der Waals surface area contributed by atoms with Crippen molar-refractivity contribution in [3.8, 4) is 6.07 Å². The number of pyridine rings is 1. The van der Waals surface area contributed by atoms with Gasteiger partial charge in [0.25, 0.3) is 0 Å². The molecule has 0 unspecified atom stereocenters. The fourth-order valence-corrected chi connectivity index (χ4v) is 3.54. The molecule has 0 aliphatic rings. The van der Waals surface area contributed by atoms with Gasteiger partial charge in [0.2, 0.25) is 0 Å². The van der Waals surface area contributed by atoms with Crippen molar-refractivity contribution in [2.75, 3.05) is 11.9 Å². The molecule has 6 nitrogen and oxygen atoms in total. The maximum atomic E-state index is 12.3. The van der Waals surface area contributed by atoms with E-state index in [1.54, 1.807) is 28.7 Å². The van der Waals surface area contributed by atoms with Crippen molar-refractivity contribution in [2.45, 2.75) is 6.92 Å². The molecule has 0 atom stereocenters. The van der Waals surface area contributed by atoms with Gasteiger partial charge in [-0.25, -0.2) is 9.78 Å². The Morgan fingerprint density at radius 1 is 1.35 bits per heavy atom. The molecule has 4 aromatic rings. The van der Waals surface area contributed by atoms with Crippen molar-refractivity contribution in [1.82, 2.24) is 9.38 Å². The van der Waals surface area contributed by atoms with E-state index in [0.29, 0.717) is 29.2 Å². The molecule has 0 saturated heterocycles. The number of nitrogens with zero attached hydrogens (tertiary/aromatic N) is 3. The zero-order chi connectivity index (χ0) is 18.1. The number of hydrogen-bond donors (Lipinski definition) is 1. The quantitative estimate of drug-likeness (QED) is 0.546. The van der Waals surface area contributed by atoms with Gasteiger partial charge in [0.1, 0.15) is 11.7 Å². The van der Waals surface area contributed by atoms with E-state index in [0.717, 1.165) is 15.9 Å². The number of anilines is 2. The number of aromatic nitrogens is 2. The minimum absolute atomic E-state index is 0.292. The summed E-state index contributed by atoms with van der Waals surface area (Å²) in [5.41, 5.74) is 3.02. The summed E-state index contributed by atoms with van der Waals surface area (Å²) in [5.74, 6) is -0.426. The first-order valence-corrected chi connectivity index (χ1v) is 8.92. The van der Waals surface area contributed by atoms with Crippen LogP contribution in [0.5, 0.6) is 0 Å².